The monoisotopic (exact) mass is 446 g/mol. The van der Waals surface area contributed by atoms with Gasteiger partial charge >= 0.3 is 0 Å². The Balaban J connectivity index is 0.00000192. The van der Waals surface area contributed by atoms with Gasteiger partial charge in [0.15, 0.2) is 11.8 Å². The van der Waals surface area contributed by atoms with E-state index in [1.807, 2.05) is 11.3 Å². The van der Waals surface area contributed by atoms with Crippen LogP contribution in [0.2, 0.25) is 0 Å². The van der Waals surface area contributed by atoms with Crippen molar-refractivity contribution in [2.45, 2.75) is 45.8 Å². The molecule has 1 aliphatic heterocycles. The lowest BCUT2D eigenvalue weighted by molar-refractivity contribution is 0.663. The average Bonchev–Trinajstić information content (AvgIpc) is 3.24. The minimum Gasteiger partial charge on any atom is -0.352 e. The first-order valence-electron chi connectivity index (χ1n) is 7.73. The van der Waals surface area contributed by atoms with Gasteiger partial charge in [-0.3, -0.25) is 4.99 Å². The zero-order chi connectivity index (χ0) is 15.4. The fourth-order valence-corrected chi connectivity index (χ4v) is 3.50. The van der Waals surface area contributed by atoms with Crippen LogP contribution in [0.15, 0.2) is 17.1 Å². The van der Waals surface area contributed by atoms with Crippen molar-refractivity contribution in [1.29, 1.82) is 0 Å². The summed E-state index contributed by atoms with van der Waals surface area (Å²) in [5.74, 6) is 2.88. The Morgan fingerprint density at radius 1 is 1.26 bits per heavy atom. The predicted octanol–water partition coefficient (Wildman–Crippen LogP) is 2.33. The van der Waals surface area contributed by atoms with E-state index in [0.717, 1.165) is 43.5 Å². The molecule has 0 bridgehead atoms. The van der Waals surface area contributed by atoms with Crippen LogP contribution in [0.5, 0.6) is 0 Å². The van der Waals surface area contributed by atoms with E-state index >= 15 is 0 Å². The summed E-state index contributed by atoms with van der Waals surface area (Å²) < 4.78 is 2.20. The summed E-state index contributed by atoms with van der Waals surface area (Å²) in [6.07, 6.45) is 3.30. The molecule has 0 radical (unpaired) electrons. The van der Waals surface area contributed by atoms with Gasteiger partial charge in [-0.15, -0.1) is 45.5 Å². The van der Waals surface area contributed by atoms with Gasteiger partial charge < -0.3 is 15.2 Å². The van der Waals surface area contributed by atoms with Crippen molar-refractivity contribution in [3.05, 3.63) is 33.5 Å². The minimum atomic E-state index is 0. The Hall–Kier alpha value is -1.16. The van der Waals surface area contributed by atoms with Crippen LogP contribution in [0.3, 0.4) is 0 Å². The van der Waals surface area contributed by atoms with Crippen molar-refractivity contribution in [3.8, 4) is 0 Å². The molecule has 0 aliphatic carbocycles. The molecule has 6 nitrogen and oxygen atoms in total. The number of rotatable bonds is 5. The maximum absolute atomic E-state index is 4.26. The summed E-state index contributed by atoms with van der Waals surface area (Å²) in [5, 5.41) is 15.1. The van der Waals surface area contributed by atoms with Crippen LogP contribution < -0.4 is 10.6 Å². The Labute approximate surface area is 157 Å². The van der Waals surface area contributed by atoms with Crippen LogP contribution in [0.1, 0.15) is 34.7 Å². The SMILES string of the molecule is CCc1ccc(CNC(=NC)NCc2nnc3n2CCC3)s1.I. The molecule has 2 N–H and O–H groups in total. The van der Waals surface area contributed by atoms with Crippen LogP contribution in [0, 0.1) is 0 Å². The molecule has 0 unspecified atom stereocenters. The fraction of sp³-hybridized carbons (Fsp3) is 0.533. The standard InChI is InChI=1S/C15H22N6S.HI/c1-3-11-6-7-12(22-11)9-17-15(16-2)18-10-14-20-19-13-5-4-8-21(13)14;/h6-7H,3-5,8-10H2,1-2H3,(H2,16,17,18);1H. The highest BCUT2D eigenvalue weighted by atomic mass is 127. The zero-order valence-electron chi connectivity index (χ0n) is 13.5. The van der Waals surface area contributed by atoms with Gasteiger partial charge in [0.1, 0.15) is 5.82 Å². The summed E-state index contributed by atoms with van der Waals surface area (Å²) in [4.78, 5) is 7.00. The summed E-state index contributed by atoms with van der Waals surface area (Å²) in [6, 6.07) is 4.37. The Bertz CT molecular complexity index is 663. The van der Waals surface area contributed by atoms with Gasteiger partial charge in [-0.1, -0.05) is 6.92 Å². The summed E-state index contributed by atoms with van der Waals surface area (Å²) in [6.45, 7) is 4.65. The average molecular weight is 446 g/mol. The highest BCUT2D eigenvalue weighted by Gasteiger charge is 2.17. The third kappa shape index (κ3) is 4.43. The first kappa shape index (κ1) is 18.2. The number of hydrogen-bond acceptors (Lipinski definition) is 4. The molecule has 3 rings (SSSR count). The Kier molecular flexibility index (Phi) is 6.82. The van der Waals surface area contributed by atoms with Gasteiger partial charge in [0.2, 0.25) is 0 Å². The van der Waals surface area contributed by atoms with Gasteiger partial charge in [-0.25, -0.2) is 0 Å². The van der Waals surface area contributed by atoms with Gasteiger partial charge in [0.25, 0.3) is 0 Å². The quantitative estimate of drug-likeness (QED) is 0.421. The van der Waals surface area contributed by atoms with Crippen molar-refractivity contribution < 1.29 is 0 Å². The maximum atomic E-state index is 4.26. The van der Waals surface area contributed by atoms with Crippen molar-refractivity contribution in [1.82, 2.24) is 25.4 Å². The zero-order valence-corrected chi connectivity index (χ0v) is 16.6. The number of halogens is 1. The first-order chi connectivity index (χ1) is 10.8. The Morgan fingerprint density at radius 2 is 2.04 bits per heavy atom. The number of nitrogens with one attached hydrogen (secondary N) is 2. The molecular formula is C15H23IN6S. The summed E-state index contributed by atoms with van der Waals surface area (Å²) in [7, 11) is 1.79. The second kappa shape index (κ2) is 8.62. The van der Waals surface area contributed by atoms with Crippen molar-refractivity contribution in [2.75, 3.05) is 7.05 Å². The third-order valence-electron chi connectivity index (χ3n) is 3.82. The molecule has 0 spiro atoms. The number of nitrogens with zero attached hydrogens (tertiary/aromatic N) is 4. The molecule has 0 amide bonds. The van der Waals surface area contributed by atoms with Crippen LogP contribution in [-0.2, 0) is 32.5 Å². The highest BCUT2D eigenvalue weighted by Crippen LogP contribution is 2.16. The molecule has 1 aliphatic rings. The lowest BCUT2D eigenvalue weighted by Crippen LogP contribution is -2.36. The molecule has 8 heteroatoms. The molecule has 0 saturated heterocycles. The van der Waals surface area contributed by atoms with Crippen molar-refractivity contribution >= 4 is 41.3 Å². The predicted molar refractivity (Wildman–Crippen MR) is 104 cm³/mol. The number of aliphatic imine (C=N–C) groups is 1. The second-order valence-electron chi connectivity index (χ2n) is 5.29. The van der Waals surface area contributed by atoms with E-state index in [9.17, 15) is 0 Å². The van der Waals surface area contributed by atoms with Gasteiger partial charge in [-0.05, 0) is 25.0 Å². The van der Waals surface area contributed by atoms with E-state index in [1.165, 1.54) is 16.2 Å². The molecular weight excluding hydrogens is 423 g/mol. The fourth-order valence-electron chi connectivity index (χ4n) is 2.60. The second-order valence-corrected chi connectivity index (χ2v) is 6.54. The van der Waals surface area contributed by atoms with E-state index < -0.39 is 0 Å². The van der Waals surface area contributed by atoms with Crippen LogP contribution in [0.25, 0.3) is 0 Å². The number of guanidine groups is 1. The number of aryl methyl sites for hydroxylation is 2. The largest absolute Gasteiger partial charge is 0.352 e. The molecule has 126 valence electrons. The molecule has 0 aromatic carbocycles. The van der Waals surface area contributed by atoms with Crippen LogP contribution in [0.4, 0.5) is 0 Å². The molecule has 2 aromatic heterocycles. The highest BCUT2D eigenvalue weighted by molar-refractivity contribution is 14.0. The summed E-state index contributed by atoms with van der Waals surface area (Å²) in [5.41, 5.74) is 0. The molecule has 0 fully saturated rings. The summed E-state index contributed by atoms with van der Waals surface area (Å²) >= 11 is 1.85. The Morgan fingerprint density at radius 3 is 2.78 bits per heavy atom. The topological polar surface area (TPSA) is 67.1 Å². The van der Waals surface area contributed by atoms with E-state index in [4.69, 9.17) is 0 Å². The van der Waals surface area contributed by atoms with Gasteiger partial charge in [-0.2, -0.15) is 0 Å². The smallest absolute Gasteiger partial charge is 0.191 e. The minimum absolute atomic E-state index is 0. The molecule has 23 heavy (non-hydrogen) atoms. The van der Waals surface area contributed by atoms with Gasteiger partial charge in [0, 0.05) is 29.8 Å². The van der Waals surface area contributed by atoms with Crippen molar-refractivity contribution in [3.63, 3.8) is 0 Å². The molecule has 2 aromatic rings. The van der Waals surface area contributed by atoms with Crippen LogP contribution >= 0.6 is 35.3 Å². The molecule has 3 heterocycles. The lowest BCUT2D eigenvalue weighted by Gasteiger charge is -2.11. The number of fused-ring (bicyclic) bond motifs is 1. The van der Waals surface area contributed by atoms with E-state index in [0.29, 0.717) is 6.54 Å². The number of hydrogen-bond donors (Lipinski definition) is 2. The van der Waals surface area contributed by atoms with E-state index in [-0.39, 0.29) is 24.0 Å². The van der Waals surface area contributed by atoms with Crippen molar-refractivity contribution in [2.24, 2.45) is 4.99 Å². The van der Waals surface area contributed by atoms with E-state index in [1.54, 1.807) is 7.05 Å². The third-order valence-corrected chi connectivity index (χ3v) is 5.05. The lowest BCUT2D eigenvalue weighted by atomic mass is 10.4. The maximum Gasteiger partial charge on any atom is 0.191 e. The van der Waals surface area contributed by atoms with E-state index in [2.05, 4.69) is 49.4 Å². The van der Waals surface area contributed by atoms with Gasteiger partial charge in [0.05, 0.1) is 13.1 Å². The molecule has 0 saturated carbocycles. The normalized spacial score (nSPS) is 13.6. The number of thiophene rings is 1. The molecule has 0 atom stereocenters. The number of aromatic nitrogens is 3. The first-order valence-corrected chi connectivity index (χ1v) is 8.55. The van der Waals surface area contributed by atoms with Crippen LogP contribution in [-0.4, -0.2) is 27.8 Å².